The summed E-state index contributed by atoms with van der Waals surface area (Å²) in [5.41, 5.74) is 2.37. The Morgan fingerprint density at radius 2 is 1.71 bits per heavy atom. The van der Waals surface area contributed by atoms with E-state index in [4.69, 9.17) is 0 Å². The van der Waals surface area contributed by atoms with Crippen molar-refractivity contribution in [3.8, 4) is 5.88 Å². The molecule has 24 heavy (non-hydrogen) atoms. The lowest BCUT2D eigenvalue weighted by Crippen LogP contribution is -2.46. The lowest BCUT2D eigenvalue weighted by atomic mass is 10.2. The van der Waals surface area contributed by atoms with Crippen LogP contribution in [0.4, 0.5) is 5.69 Å². The Hall–Kier alpha value is -2.21. The molecule has 0 saturated carbocycles. The van der Waals surface area contributed by atoms with Crippen LogP contribution in [0.25, 0.3) is 0 Å². The van der Waals surface area contributed by atoms with Gasteiger partial charge >= 0.3 is 5.69 Å². The maximum Gasteiger partial charge on any atom is 0.328 e. The van der Waals surface area contributed by atoms with Crippen molar-refractivity contribution in [1.82, 2.24) is 14.5 Å². The smallest absolute Gasteiger partial charge is 0.328 e. The molecule has 3 rings (SSSR count). The molecule has 0 atom stereocenters. The van der Waals surface area contributed by atoms with Crippen molar-refractivity contribution >= 4 is 5.69 Å². The van der Waals surface area contributed by atoms with Crippen molar-refractivity contribution in [3.63, 3.8) is 0 Å². The number of nitrogens with one attached hydrogen (secondary N) is 1. The number of nitrogens with zero attached hydrogens (tertiary/aromatic N) is 3. The second-order valence-electron chi connectivity index (χ2n) is 6.48. The third-order valence-electron chi connectivity index (χ3n) is 4.72. The summed E-state index contributed by atoms with van der Waals surface area (Å²) in [5.74, 6) is 0.0201. The van der Waals surface area contributed by atoms with Crippen LogP contribution in [0.15, 0.2) is 35.3 Å². The average molecular weight is 330 g/mol. The molecule has 130 valence electrons. The minimum Gasteiger partial charge on any atom is -0.493 e. The molecule has 0 bridgehead atoms. The molecule has 2 aromatic rings. The lowest BCUT2D eigenvalue weighted by Gasteiger charge is -2.36. The van der Waals surface area contributed by atoms with Gasteiger partial charge in [0, 0.05) is 38.4 Å². The number of hydrogen-bond acceptors (Lipinski definition) is 4. The van der Waals surface area contributed by atoms with E-state index in [-0.39, 0.29) is 11.6 Å². The zero-order valence-corrected chi connectivity index (χ0v) is 14.2. The van der Waals surface area contributed by atoms with Crippen LogP contribution in [0.5, 0.6) is 5.88 Å². The molecule has 2 heterocycles. The third-order valence-corrected chi connectivity index (χ3v) is 4.72. The summed E-state index contributed by atoms with van der Waals surface area (Å²) in [4.78, 5) is 18.9. The minimum absolute atomic E-state index is 0.0201. The van der Waals surface area contributed by atoms with Gasteiger partial charge in [0.1, 0.15) is 0 Å². The molecule has 1 aromatic heterocycles. The molecule has 1 aliphatic rings. The molecule has 0 spiro atoms. The first kappa shape index (κ1) is 16.6. The minimum atomic E-state index is -0.237. The highest BCUT2D eigenvalue weighted by molar-refractivity contribution is 5.47. The summed E-state index contributed by atoms with van der Waals surface area (Å²) < 4.78 is 1.38. The van der Waals surface area contributed by atoms with Crippen LogP contribution in [0, 0.1) is 6.92 Å². The predicted octanol–water partition coefficient (Wildman–Crippen LogP) is 1.79. The lowest BCUT2D eigenvalue weighted by molar-refractivity contribution is 0.250. The third kappa shape index (κ3) is 4.00. The number of aromatic amines is 1. The summed E-state index contributed by atoms with van der Waals surface area (Å²) in [6.07, 6.45) is 3.26. The standard InChI is InChI=1S/C18H26N4O2/c1-15-4-6-16(7-5-15)21-12-10-20(11-13-21)8-2-3-9-22-17(23)14-19-18(22)24/h4-7,14,23H,2-3,8-13H2,1H3,(H,19,24). The molecule has 0 amide bonds. The number of aryl methyl sites for hydroxylation is 1. The van der Waals surface area contributed by atoms with E-state index in [1.54, 1.807) is 0 Å². The first-order chi connectivity index (χ1) is 11.6. The van der Waals surface area contributed by atoms with Crippen molar-refractivity contribution in [3.05, 3.63) is 46.5 Å². The van der Waals surface area contributed by atoms with Crippen molar-refractivity contribution < 1.29 is 5.11 Å². The van der Waals surface area contributed by atoms with Gasteiger partial charge in [-0.05, 0) is 38.4 Å². The van der Waals surface area contributed by atoms with Gasteiger partial charge in [-0.25, -0.2) is 4.79 Å². The van der Waals surface area contributed by atoms with Gasteiger partial charge in [0.25, 0.3) is 0 Å². The monoisotopic (exact) mass is 330 g/mol. The van der Waals surface area contributed by atoms with Crippen LogP contribution in [-0.4, -0.2) is 52.3 Å². The number of hydrogen-bond donors (Lipinski definition) is 2. The number of rotatable bonds is 6. The molecule has 2 N–H and O–H groups in total. The van der Waals surface area contributed by atoms with Gasteiger partial charge in [-0.2, -0.15) is 0 Å². The topological polar surface area (TPSA) is 64.5 Å². The highest BCUT2D eigenvalue weighted by Gasteiger charge is 2.16. The van der Waals surface area contributed by atoms with Crippen LogP contribution in [0.1, 0.15) is 18.4 Å². The molecule has 6 heteroatoms. The van der Waals surface area contributed by atoms with Gasteiger partial charge < -0.3 is 15.0 Å². The summed E-state index contributed by atoms with van der Waals surface area (Å²) >= 11 is 0. The van der Waals surface area contributed by atoms with Crippen molar-refractivity contribution in [2.45, 2.75) is 26.3 Å². The number of aromatic nitrogens is 2. The van der Waals surface area contributed by atoms with E-state index in [1.165, 1.54) is 22.0 Å². The Labute approximate surface area is 142 Å². The zero-order valence-electron chi connectivity index (χ0n) is 14.2. The first-order valence-corrected chi connectivity index (χ1v) is 8.64. The van der Waals surface area contributed by atoms with E-state index in [2.05, 4.69) is 46.0 Å². The number of piperazine rings is 1. The van der Waals surface area contributed by atoms with Crippen LogP contribution in [0.2, 0.25) is 0 Å². The van der Waals surface area contributed by atoms with Crippen LogP contribution in [0.3, 0.4) is 0 Å². The largest absolute Gasteiger partial charge is 0.493 e. The summed E-state index contributed by atoms with van der Waals surface area (Å²) in [6, 6.07) is 8.73. The van der Waals surface area contributed by atoms with Crippen molar-refractivity contribution in [2.75, 3.05) is 37.6 Å². The zero-order chi connectivity index (χ0) is 16.9. The molecule has 0 unspecified atom stereocenters. The van der Waals surface area contributed by atoms with Gasteiger partial charge in [0.05, 0.1) is 6.20 Å². The van der Waals surface area contributed by atoms with E-state index in [1.807, 2.05) is 0 Å². The number of unbranched alkanes of at least 4 members (excludes halogenated alkanes) is 1. The highest BCUT2D eigenvalue weighted by Crippen LogP contribution is 2.17. The Morgan fingerprint density at radius 3 is 2.33 bits per heavy atom. The highest BCUT2D eigenvalue weighted by atomic mass is 16.3. The molecule has 6 nitrogen and oxygen atoms in total. The van der Waals surface area contributed by atoms with Gasteiger partial charge in [-0.3, -0.25) is 9.47 Å². The fourth-order valence-electron chi connectivity index (χ4n) is 3.19. The van der Waals surface area contributed by atoms with E-state index >= 15 is 0 Å². The maximum atomic E-state index is 11.5. The quantitative estimate of drug-likeness (QED) is 0.793. The SMILES string of the molecule is Cc1ccc(N2CCN(CCCCn3c(O)c[nH]c3=O)CC2)cc1. The Morgan fingerprint density at radius 1 is 1.04 bits per heavy atom. The maximum absolute atomic E-state index is 11.5. The van der Waals surface area contributed by atoms with Gasteiger partial charge in [0.15, 0.2) is 0 Å². The van der Waals surface area contributed by atoms with Crippen LogP contribution in [-0.2, 0) is 6.54 Å². The summed E-state index contributed by atoms with van der Waals surface area (Å²) in [6.45, 7) is 7.98. The molecular weight excluding hydrogens is 304 g/mol. The van der Waals surface area contributed by atoms with Gasteiger partial charge in [-0.15, -0.1) is 0 Å². The fourth-order valence-corrected chi connectivity index (χ4v) is 3.19. The Bertz CT molecular complexity index is 697. The van der Waals surface area contributed by atoms with Gasteiger partial charge in [-0.1, -0.05) is 17.7 Å². The molecule has 0 radical (unpaired) electrons. The van der Waals surface area contributed by atoms with E-state index in [0.29, 0.717) is 6.54 Å². The van der Waals surface area contributed by atoms with Crippen molar-refractivity contribution in [1.29, 1.82) is 0 Å². The summed E-state index contributed by atoms with van der Waals surface area (Å²) in [5, 5.41) is 9.55. The van der Waals surface area contributed by atoms with Crippen molar-refractivity contribution in [2.24, 2.45) is 0 Å². The number of anilines is 1. The van der Waals surface area contributed by atoms with Crippen LogP contribution >= 0.6 is 0 Å². The van der Waals surface area contributed by atoms with E-state index in [9.17, 15) is 9.90 Å². The molecule has 1 aromatic carbocycles. The van der Waals surface area contributed by atoms with Gasteiger partial charge in [0.2, 0.25) is 5.88 Å². The first-order valence-electron chi connectivity index (χ1n) is 8.64. The van der Waals surface area contributed by atoms with E-state index in [0.717, 1.165) is 45.6 Å². The molecular formula is C18H26N4O2. The predicted molar refractivity (Wildman–Crippen MR) is 95.8 cm³/mol. The molecule has 1 fully saturated rings. The molecule has 1 aliphatic heterocycles. The average Bonchev–Trinajstić information content (AvgIpc) is 2.92. The molecule has 1 saturated heterocycles. The normalized spacial score (nSPS) is 15.8. The number of H-pyrrole nitrogens is 1. The fraction of sp³-hybridized carbons (Fsp3) is 0.500. The molecule has 0 aliphatic carbocycles. The number of aromatic hydroxyl groups is 1. The van der Waals surface area contributed by atoms with Crippen LogP contribution < -0.4 is 10.6 Å². The Kier molecular flexibility index (Phi) is 5.25. The second kappa shape index (κ2) is 7.57. The summed E-state index contributed by atoms with van der Waals surface area (Å²) in [7, 11) is 0. The number of imidazole rings is 1. The Balaban J connectivity index is 1.38. The number of benzene rings is 1. The second-order valence-corrected chi connectivity index (χ2v) is 6.48. The van der Waals surface area contributed by atoms with E-state index < -0.39 is 0 Å².